The number of nitrogens with one attached hydrogen (secondary N) is 1. The maximum Gasteiger partial charge on any atom is 0.226 e. The number of ketones is 1. The molecule has 0 amide bonds. The van der Waals surface area contributed by atoms with Crippen molar-refractivity contribution in [2.45, 2.75) is 64.3 Å². The van der Waals surface area contributed by atoms with Crippen molar-refractivity contribution in [3.63, 3.8) is 0 Å². The Morgan fingerprint density at radius 1 is 1.39 bits per heavy atom. The molecule has 1 fully saturated rings. The summed E-state index contributed by atoms with van der Waals surface area (Å²) in [6.45, 7) is 6.76. The molecule has 1 aliphatic carbocycles. The first-order valence-corrected chi connectivity index (χ1v) is 13.2. The van der Waals surface area contributed by atoms with Crippen molar-refractivity contribution in [3.8, 4) is 18.9 Å². The second-order valence-electron chi connectivity index (χ2n) is 9.14. The van der Waals surface area contributed by atoms with E-state index in [1.165, 1.54) is 11.3 Å². The third kappa shape index (κ3) is 5.70. The van der Waals surface area contributed by atoms with E-state index in [1.54, 1.807) is 12.3 Å². The van der Waals surface area contributed by atoms with Crippen LogP contribution in [0.4, 0.5) is 10.9 Å². The van der Waals surface area contributed by atoms with Crippen molar-refractivity contribution >= 4 is 28.1 Å². The molecule has 5 N–H and O–H groups in total. The van der Waals surface area contributed by atoms with Crippen molar-refractivity contribution < 1.29 is 4.79 Å². The molecule has 2 atom stereocenters. The summed E-state index contributed by atoms with van der Waals surface area (Å²) in [5.41, 5.74) is 15.8. The van der Waals surface area contributed by atoms with Crippen LogP contribution in [0.5, 0.6) is 0 Å². The largest absolute Gasteiger partial charge is 0.401 e. The van der Waals surface area contributed by atoms with Gasteiger partial charge >= 0.3 is 0 Å². The molecule has 9 heteroatoms. The van der Waals surface area contributed by atoms with Gasteiger partial charge in [-0.05, 0) is 57.2 Å². The Hall–Kier alpha value is -3.40. The minimum absolute atomic E-state index is 0.155. The van der Waals surface area contributed by atoms with Crippen molar-refractivity contribution in [3.05, 3.63) is 45.2 Å². The number of fused-ring (bicyclic) bond motifs is 1. The highest BCUT2D eigenvalue weighted by Gasteiger charge is 2.32. The summed E-state index contributed by atoms with van der Waals surface area (Å²) >= 11 is 1.47. The van der Waals surface area contributed by atoms with Gasteiger partial charge in [0.05, 0.1) is 5.56 Å². The first kappa shape index (κ1) is 27.2. The Balaban J connectivity index is 0.00000176. The molecule has 2 aliphatic rings. The van der Waals surface area contributed by atoms with E-state index in [9.17, 15) is 10.1 Å². The predicted molar refractivity (Wildman–Crippen MR) is 146 cm³/mol. The highest BCUT2D eigenvalue weighted by atomic mass is 32.1. The summed E-state index contributed by atoms with van der Waals surface area (Å²) in [5.74, 6) is 0.252. The monoisotopic (exact) mass is 505 g/mol. The number of Topliss-reactive ketones (excluding diaryl/α,β-unsaturated/α-hetero) is 1. The number of hydrogen-bond acceptors (Lipinski definition) is 9. The molecule has 1 aliphatic heterocycles. The number of carbonyl (C=O) groups excluding carboxylic acids is 1. The van der Waals surface area contributed by atoms with E-state index in [4.69, 9.17) is 11.5 Å². The smallest absolute Gasteiger partial charge is 0.226 e. The van der Waals surface area contributed by atoms with Crippen molar-refractivity contribution in [1.29, 1.82) is 5.26 Å². The molecule has 4 rings (SSSR count). The van der Waals surface area contributed by atoms with Crippen LogP contribution >= 0.6 is 11.3 Å². The molecular formula is C27H35N7OS. The molecule has 0 aromatic carbocycles. The molecule has 0 spiro atoms. The number of terminal acetylenes is 1. The molecule has 2 aromatic heterocycles. The molecule has 0 unspecified atom stereocenters. The minimum Gasteiger partial charge on any atom is -0.401 e. The number of thiophene rings is 1. The number of nitrogens with two attached hydrogens (primary N) is 2. The molecule has 8 nitrogen and oxygen atoms in total. The second kappa shape index (κ2) is 12.5. The number of carbonyl (C=O) groups is 1. The Morgan fingerprint density at radius 2 is 2.17 bits per heavy atom. The first-order valence-electron chi connectivity index (χ1n) is 12.4. The van der Waals surface area contributed by atoms with Gasteiger partial charge in [0.15, 0.2) is 0 Å². The SMILES string of the molecule is C#C.CCC/C(C(=O)c1ccnc(N2CCCN[C@@H](C)C2)n1)=C(/N)[C@H]1CCCc2sc(N)c(C#N)c21. The highest BCUT2D eigenvalue weighted by Crippen LogP contribution is 2.45. The molecule has 190 valence electrons. The number of hydrogen-bond donors (Lipinski definition) is 3. The fourth-order valence-electron chi connectivity index (χ4n) is 5.02. The van der Waals surface area contributed by atoms with Gasteiger partial charge in [0, 0.05) is 47.4 Å². The van der Waals surface area contributed by atoms with E-state index in [-0.39, 0.29) is 11.7 Å². The fourth-order valence-corrected chi connectivity index (χ4v) is 6.14. The quantitative estimate of drug-likeness (QED) is 0.307. The van der Waals surface area contributed by atoms with Gasteiger partial charge in [-0.2, -0.15) is 5.26 Å². The van der Waals surface area contributed by atoms with Gasteiger partial charge in [0.1, 0.15) is 16.8 Å². The molecule has 0 bridgehead atoms. The van der Waals surface area contributed by atoms with Crippen molar-refractivity contribution in [2.75, 3.05) is 30.3 Å². The fraction of sp³-hybridized carbons (Fsp3) is 0.481. The van der Waals surface area contributed by atoms with Crippen LogP contribution in [0.2, 0.25) is 0 Å². The molecule has 36 heavy (non-hydrogen) atoms. The minimum atomic E-state index is -0.170. The zero-order valence-corrected chi connectivity index (χ0v) is 21.9. The molecular weight excluding hydrogens is 470 g/mol. The number of nitriles is 1. The van der Waals surface area contributed by atoms with Gasteiger partial charge in [-0.1, -0.05) is 13.3 Å². The van der Waals surface area contributed by atoms with Crippen LogP contribution < -0.4 is 21.7 Å². The summed E-state index contributed by atoms with van der Waals surface area (Å²) < 4.78 is 0. The van der Waals surface area contributed by atoms with Gasteiger partial charge in [-0.3, -0.25) is 4.79 Å². The number of nitrogens with zero attached hydrogens (tertiary/aromatic N) is 4. The van der Waals surface area contributed by atoms with E-state index >= 15 is 0 Å². The summed E-state index contributed by atoms with van der Waals surface area (Å²) in [6, 6.07) is 4.26. The van der Waals surface area contributed by atoms with E-state index in [0.717, 1.165) is 62.2 Å². The lowest BCUT2D eigenvalue weighted by Gasteiger charge is -2.26. The highest BCUT2D eigenvalue weighted by molar-refractivity contribution is 7.16. The number of anilines is 2. The van der Waals surface area contributed by atoms with E-state index in [1.807, 2.05) is 6.92 Å². The normalized spacial score (nSPS) is 20.1. The summed E-state index contributed by atoms with van der Waals surface area (Å²) in [4.78, 5) is 26.1. The average Bonchev–Trinajstić information content (AvgIpc) is 3.07. The van der Waals surface area contributed by atoms with Crippen LogP contribution in [0.1, 0.15) is 78.4 Å². The molecule has 0 radical (unpaired) electrons. The van der Waals surface area contributed by atoms with Crippen molar-refractivity contribution in [2.24, 2.45) is 5.73 Å². The van der Waals surface area contributed by atoms with E-state index < -0.39 is 0 Å². The van der Waals surface area contributed by atoms with Crippen molar-refractivity contribution in [1.82, 2.24) is 15.3 Å². The van der Waals surface area contributed by atoms with E-state index in [0.29, 0.717) is 45.9 Å². The third-order valence-corrected chi connectivity index (χ3v) is 7.75. The Kier molecular flexibility index (Phi) is 9.46. The number of allylic oxidation sites excluding steroid dienone is 2. The lowest BCUT2D eigenvalue weighted by Crippen LogP contribution is -2.36. The second-order valence-corrected chi connectivity index (χ2v) is 10.3. The van der Waals surface area contributed by atoms with Gasteiger partial charge < -0.3 is 21.7 Å². The Morgan fingerprint density at radius 3 is 2.89 bits per heavy atom. The van der Waals surface area contributed by atoms with Crippen LogP contribution in [0.15, 0.2) is 23.5 Å². The summed E-state index contributed by atoms with van der Waals surface area (Å²) in [7, 11) is 0. The lowest BCUT2D eigenvalue weighted by atomic mass is 9.80. The maximum absolute atomic E-state index is 13.7. The van der Waals surface area contributed by atoms with Crippen LogP contribution in [-0.2, 0) is 6.42 Å². The zero-order valence-electron chi connectivity index (χ0n) is 21.1. The van der Waals surface area contributed by atoms with Gasteiger partial charge in [-0.15, -0.1) is 24.2 Å². The van der Waals surface area contributed by atoms with Crippen LogP contribution in [0, 0.1) is 24.2 Å². The number of aryl methyl sites for hydroxylation is 1. The zero-order chi connectivity index (χ0) is 26.2. The standard InChI is InChI=1S/C25H33N7OS.C2H2/c1-3-6-17(22(27)16-7-4-8-20-21(16)18(13-26)24(28)34-20)23(33)19-9-11-30-25(31-19)32-12-5-10-29-15(2)14-32;1-2/h9,11,15-16,29H,3-8,10,12,14,27-28H2,1-2H3;1-2H/b22-17-;/t15-,16-;/m0./s1. The van der Waals surface area contributed by atoms with Gasteiger partial charge in [-0.25, -0.2) is 9.97 Å². The topological polar surface area (TPSA) is 134 Å². The number of nitrogen functional groups attached to an aromatic ring is 1. The van der Waals surface area contributed by atoms with E-state index in [2.05, 4.69) is 46.0 Å². The maximum atomic E-state index is 13.7. The molecule has 2 aromatic rings. The Labute approximate surface area is 217 Å². The third-order valence-electron chi connectivity index (χ3n) is 6.65. The molecule has 1 saturated heterocycles. The molecule has 0 saturated carbocycles. The summed E-state index contributed by atoms with van der Waals surface area (Å²) in [5, 5.41) is 13.7. The molecule has 3 heterocycles. The Bertz CT molecular complexity index is 1180. The van der Waals surface area contributed by atoms with Gasteiger partial charge in [0.2, 0.25) is 11.7 Å². The predicted octanol–water partition coefficient (Wildman–Crippen LogP) is 3.75. The first-order chi connectivity index (χ1) is 17.4. The lowest BCUT2D eigenvalue weighted by molar-refractivity contribution is 0.102. The average molecular weight is 506 g/mol. The van der Waals surface area contributed by atoms with Crippen LogP contribution in [0.3, 0.4) is 0 Å². The number of rotatable bonds is 6. The van der Waals surface area contributed by atoms with Gasteiger partial charge in [0.25, 0.3) is 0 Å². The van der Waals surface area contributed by atoms with Crippen LogP contribution in [-0.4, -0.2) is 41.4 Å². The van der Waals surface area contributed by atoms with Crippen LogP contribution in [0.25, 0.3) is 0 Å². The number of aromatic nitrogens is 2. The summed E-state index contributed by atoms with van der Waals surface area (Å²) in [6.07, 6.45) is 14.6.